The zero-order valence-electron chi connectivity index (χ0n) is 15.0. The van der Waals surface area contributed by atoms with Crippen LogP contribution in [0.5, 0.6) is 0 Å². The summed E-state index contributed by atoms with van der Waals surface area (Å²) in [5.74, 6) is -0.137. The second kappa shape index (κ2) is 7.87. The van der Waals surface area contributed by atoms with Crippen molar-refractivity contribution >= 4 is 34.1 Å². The van der Waals surface area contributed by atoms with Crippen molar-refractivity contribution < 1.29 is 9.59 Å². The minimum atomic E-state index is -0.0702. The summed E-state index contributed by atoms with van der Waals surface area (Å²) in [5, 5.41) is 6.89. The number of fused-ring (bicyclic) bond motifs is 1. The molecule has 2 amide bonds. The van der Waals surface area contributed by atoms with Crippen LogP contribution in [-0.4, -0.2) is 16.4 Å². The highest BCUT2D eigenvalue weighted by atomic mass is 16.2. The summed E-state index contributed by atoms with van der Waals surface area (Å²) in [4.78, 5) is 23.9. The van der Waals surface area contributed by atoms with E-state index in [0.717, 1.165) is 16.9 Å². The summed E-state index contributed by atoms with van der Waals surface area (Å²) in [6, 6.07) is 17.3. The molecule has 3 rings (SSSR count). The van der Waals surface area contributed by atoms with Gasteiger partial charge in [-0.15, -0.1) is 0 Å². The Labute approximate surface area is 153 Å². The lowest BCUT2D eigenvalue weighted by atomic mass is 10.2. The minimum Gasteiger partial charge on any atom is -0.347 e. The van der Waals surface area contributed by atoms with Gasteiger partial charge in [-0.3, -0.25) is 9.59 Å². The van der Waals surface area contributed by atoms with E-state index in [4.69, 9.17) is 0 Å². The van der Waals surface area contributed by atoms with Crippen molar-refractivity contribution in [3.63, 3.8) is 0 Å². The number of anilines is 2. The number of aromatic nitrogens is 1. The number of hydrogen-bond acceptors (Lipinski definition) is 2. The van der Waals surface area contributed by atoms with Crippen molar-refractivity contribution in [3.05, 3.63) is 60.8 Å². The largest absolute Gasteiger partial charge is 0.347 e. The summed E-state index contributed by atoms with van der Waals surface area (Å²) < 4.78 is 2.08. The summed E-state index contributed by atoms with van der Waals surface area (Å²) >= 11 is 0. The predicted molar refractivity (Wildman–Crippen MR) is 105 cm³/mol. The van der Waals surface area contributed by atoms with Gasteiger partial charge in [0.25, 0.3) is 0 Å². The van der Waals surface area contributed by atoms with E-state index < -0.39 is 0 Å². The second-order valence-electron chi connectivity index (χ2n) is 6.59. The van der Waals surface area contributed by atoms with E-state index >= 15 is 0 Å². The summed E-state index contributed by atoms with van der Waals surface area (Å²) in [7, 11) is 0. The van der Waals surface area contributed by atoms with Crippen LogP contribution in [0.3, 0.4) is 0 Å². The highest BCUT2D eigenvalue weighted by molar-refractivity contribution is 5.93. The van der Waals surface area contributed by atoms with Gasteiger partial charge in [0.05, 0.1) is 0 Å². The van der Waals surface area contributed by atoms with Crippen LogP contribution in [0.15, 0.2) is 60.8 Å². The molecule has 0 aliphatic carbocycles. The lowest BCUT2D eigenvalue weighted by molar-refractivity contribution is -0.119. The Balaban J connectivity index is 1.54. The summed E-state index contributed by atoms with van der Waals surface area (Å²) in [5.41, 5.74) is 2.57. The zero-order chi connectivity index (χ0) is 18.5. The first-order valence-corrected chi connectivity index (χ1v) is 8.77. The number of nitrogens with one attached hydrogen (secondary N) is 2. The minimum absolute atomic E-state index is 0.0271. The molecule has 134 valence electrons. The number of hydrogen-bond donors (Lipinski definition) is 2. The maximum Gasteiger partial charge on any atom is 0.226 e. The third-order valence-corrected chi connectivity index (χ3v) is 4.22. The molecule has 0 fully saturated rings. The molecule has 0 unspecified atom stereocenters. The fourth-order valence-electron chi connectivity index (χ4n) is 2.70. The maximum absolute atomic E-state index is 12.2. The van der Waals surface area contributed by atoms with Crippen LogP contribution in [0.2, 0.25) is 0 Å². The molecule has 0 atom stereocenters. The van der Waals surface area contributed by atoms with Crippen LogP contribution in [0.25, 0.3) is 10.9 Å². The SMILES string of the molecule is CC(C)C(=O)Nc1ccc(NC(=O)CCn2ccc3ccccc32)cc1. The van der Waals surface area contributed by atoms with Crippen LogP contribution in [0, 0.1) is 5.92 Å². The number of amides is 2. The highest BCUT2D eigenvalue weighted by Crippen LogP contribution is 2.17. The van der Waals surface area contributed by atoms with E-state index in [2.05, 4.69) is 33.4 Å². The Morgan fingerprint density at radius 1 is 0.923 bits per heavy atom. The first kappa shape index (κ1) is 17.7. The van der Waals surface area contributed by atoms with Crippen molar-refractivity contribution in [3.8, 4) is 0 Å². The number of carbonyl (C=O) groups is 2. The van der Waals surface area contributed by atoms with Gasteiger partial charge in [0.15, 0.2) is 0 Å². The molecule has 1 aromatic heterocycles. The first-order valence-electron chi connectivity index (χ1n) is 8.77. The van der Waals surface area contributed by atoms with Crippen LogP contribution in [-0.2, 0) is 16.1 Å². The number of rotatable bonds is 6. The topological polar surface area (TPSA) is 63.1 Å². The number of nitrogens with zero attached hydrogens (tertiary/aromatic N) is 1. The molecule has 0 saturated carbocycles. The molecule has 5 nitrogen and oxygen atoms in total. The predicted octanol–water partition coefficient (Wildman–Crippen LogP) is 4.26. The second-order valence-corrected chi connectivity index (χ2v) is 6.59. The van der Waals surface area contributed by atoms with E-state index in [0.29, 0.717) is 13.0 Å². The summed E-state index contributed by atoms with van der Waals surface area (Å²) in [6.07, 6.45) is 2.40. The van der Waals surface area contributed by atoms with Gasteiger partial charge in [-0.2, -0.15) is 0 Å². The molecular formula is C21H23N3O2. The van der Waals surface area contributed by atoms with Crippen molar-refractivity contribution in [1.82, 2.24) is 4.57 Å². The smallest absolute Gasteiger partial charge is 0.226 e. The van der Waals surface area contributed by atoms with Crippen molar-refractivity contribution in [2.24, 2.45) is 5.92 Å². The Kier molecular flexibility index (Phi) is 5.37. The zero-order valence-corrected chi connectivity index (χ0v) is 15.0. The van der Waals surface area contributed by atoms with Crippen LogP contribution < -0.4 is 10.6 Å². The van der Waals surface area contributed by atoms with E-state index in [1.807, 2.05) is 32.2 Å². The van der Waals surface area contributed by atoms with Gasteiger partial charge in [-0.05, 0) is 41.8 Å². The van der Waals surface area contributed by atoms with Gasteiger partial charge in [-0.25, -0.2) is 0 Å². The lowest BCUT2D eigenvalue weighted by Gasteiger charge is -2.10. The fourth-order valence-corrected chi connectivity index (χ4v) is 2.70. The molecule has 0 aliphatic rings. The lowest BCUT2D eigenvalue weighted by Crippen LogP contribution is -2.17. The molecule has 2 N–H and O–H groups in total. The van der Waals surface area contributed by atoms with Gasteiger partial charge in [0.2, 0.25) is 11.8 Å². The van der Waals surface area contributed by atoms with E-state index in [9.17, 15) is 9.59 Å². The quantitative estimate of drug-likeness (QED) is 0.698. The normalized spacial score (nSPS) is 10.9. The molecule has 0 aliphatic heterocycles. The molecule has 1 heterocycles. The monoisotopic (exact) mass is 349 g/mol. The van der Waals surface area contributed by atoms with Gasteiger partial charge < -0.3 is 15.2 Å². The Morgan fingerprint density at radius 3 is 2.27 bits per heavy atom. The average molecular weight is 349 g/mol. The molecule has 0 saturated heterocycles. The Bertz CT molecular complexity index is 910. The Hall–Kier alpha value is -3.08. The molecule has 3 aromatic rings. The molecule has 26 heavy (non-hydrogen) atoms. The molecule has 2 aromatic carbocycles. The van der Waals surface area contributed by atoms with Crippen LogP contribution in [0.4, 0.5) is 11.4 Å². The summed E-state index contributed by atoms with van der Waals surface area (Å²) in [6.45, 7) is 4.32. The third kappa shape index (κ3) is 4.30. The van der Waals surface area contributed by atoms with Crippen molar-refractivity contribution in [2.45, 2.75) is 26.8 Å². The van der Waals surface area contributed by atoms with Crippen molar-refractivity contribution in [1.29, 1.82) is 0 Å². The van der Waals surface area contributed by atoms with Crippen LogP contribution >= 0.6 is 0 Å². The van der Waals surface area contributed by atoms with Crippen molar-refractivity contribution in [2.75, 3.05) is 10.6 Å². The van der Waals surface area contributed by atoms with E-state index in [1.165, 1.54) is 5.39 Å². The number of benzene rings is 2. The molecule has 0 spiro atoms. The third-order valence-electron chi connectivity index (χ3n) is 4.22. The molecule has 0 bridgehead atoms. The van der Waals surface area contributed by atoms with Crippen LogP contribution in [0.1, 0.15) is 20.3 Å². The van der Waals surface area contributed by atoms with Gasteiger partial charge in [0, 0.05) is 42.0 Å². The molecule has 5 heteroatoms. The van der Waals surface area contributed by atoms with Gasteiger partial charge >= 0.3 is 0 Å². The van der Waals surface area contributed by atoms with Gasteiger partial charge in [0.1, 0.15) is 0 Å². The van der Waals surface area contributed by atoms with E-state index in [1.54, 1.807) is 24.3 Å². The number of aryl methyl sites for hydroxylation is 1. The first-order chi connectivity index (χ1) is 12.5. The molecule has 0 radical (unpaired) electrons. The Morgan fingerprint density at radius 2 is 1.58 bits per heavy atom. The number of para-hydroxylation sites is 1. The molecular weight excluding hydrogens is 326 g/mol. The van der Waals surface area contributed by atoms with E-state index in [-0.39, 0.29) is 17.7 Å². The van der Waals surface area contributed by atoms with Gasteiger partial charge in [-0.1, -0.05) is 32.0 Å². The maximum atomic E-state index is 12.2. The highest BCUT2D eigenvalue weighted by Gasteiger charge is 2.08. The standard InChI is InChI=1S/C21H23N3O2/c1-15(2)21(26)23-18-9-7-17(8-10-18)22-20(25)12-14-24-13-11-16-5-3-4-6-19(16)24/h3-11,13,15H,12,14H2,1-2H3,(H,22,25)(H,23,26). The fraction of sp³-hybridized carbons (Fsp3) is 0.238. The number of carbonyl (C=O) groups excluding carboxylic acids is 2. The average Bonchev–Trinajstić information content (AvgIpc) is 3.05.